The maximum Gasteiger partial charge on any atom is 0.222 e. The molecule has 15 heavy (non-hydrogen) atoms. The molecular formula is C10H13N5. The fraction of sp³-hybridized carbons (Fsp3) is 0.200. The average Bonchev–Trinajstić information content (AvgIpc) is 2.16. The molecule has 0 aliphatic rings. The van der Waals surface area contributed by atoms with Gasteiger partial charge in [-0.25, -0.2) is 4.98 Å². The van der Waals surface area contributed by atoms with Gasteiger partial charge in [-0.3, -0.25) is 0 Å². The van der Waals surface area contributed by atoms with Crippen LogP contribution in [-0.2, 0) is 0 Å². The van der Waals surface area contributed by atoms with Gasteiger partial charge in [-0.2, -0.15) is 4.98 Å². The van der Waals surface area contributed by atoms with Crippen molar-refractivity contribution in [3.8, 4) is 0 Å². The molecule has 0 unspecified atom stereocenters. The molecule has 5 heteroatoms. The van der Waals surface area contributed by atoms with Crippen LogP contribution in [0.15, 0.2) is 18.2 Å². The van der Waals surface area contributed by atoms with Gasteiger partial charge in [0.1, 0.15) is 5.82 Å². The summed E-state index contributed by atoms with van der Waals surface area (Å²) in [4.78, 5) is 10.1. The molecule has 1 aromatic carbocycles. The maximum absolute atomic E-state index is 5.84. The Morgan fingerprint density at radius 3 is 2.53 bits per heavy atom. The first-order valence-corrected chi connectivity index (χ1v) is 4.58. The van der Waals surface area contributed by atoms with Crippen LogP contribution in [0, 0.1) is 0 Å². The summed E-state index contributed by atoms with van der Waals surface area (Å²) in [6.07, 6.45) is 0. The second kappa shape index (κ2) is 3.27. The Morgan fingerprint density at radius 1 is 1.13 bits per heavy atom. The molecule has 0 aliphatic heterocycles. The van der Waals surface area contributed by atoms with Crippen LogP contribution >= 0.6 is 0 Å². The van der Waals surface area contributed by atoms with E-state index in [1.165, 1.54) is 0 Å². The number of rotatable bonds is 1. The fourth-order valence-corrected chi connectivity index (χ4v) is 1.58. The maximum atomic E-state index is 5.84. The number of anilines is 3. The summed E-state index contributed by atoms with van der Waals surface area (Å²) in [5.74, 6) is 0.623. The number of nitrogens with two attached hydrogens (primary N) is 2. The van der Waals surface area contributed by atoms with Gasteiger partial charge in [-0.1, -0.05) is 6.07 Å². The van der Waals surface area contributed by atoms with Crippen LogP contribution in [-0.4, -0.2) is 24.1 Å². The summed E-state index contributed by atoms with van der Waals surface area (Å²) >= 11 is 0. The molecule has 0 saturated carbocycles. The molecule has 0 fully saturated rings. The van der Waals surface area contributed by atoms with Gasteiger partial charge in [0.2, 0.25) is 5.95 Å². The van der Waals surface area contributed by atoms with Crippen molar-refractivity contribution in [3.05, 3.63) is 18.2 Å². The highest BCUT2D eigenvalue weighted by atomic mass is 15.1. The van der Waals surface area contributed by atoms with Crippen LogP contribution in [0.3, 0.4) is 0 Å². The quantitative estimate of drug-likeness (QED) is 0.718. The van der Waals surface area contributed by atoms with E-state index in [1.54, 1.807) is 0 Å². The van der Waals surface area contributed by atoms with Gasteiger partial charge in [0.25, 0.3) is 0 Å². The van der Waals surface area contributed by atoms with Crippen molar-refractivity contribution in [2.45, 2.75) is 0 Å². The van der Waals surface area contributed by atoms with Gasteiger partial charge in [0.15, 0.2) is 0 Å². The molecular weight excluding hydrogens is 190 g/mol. The first-order valence-electron chi connectivity index (χ1n) is 4.58. The van der Waals surface area contributed by atoms with Gasteiger partial charge >= 0.3 is 0 Å². The summed E-state index contributed by atoms with van der Waals surface area (Å²) in [5, 5.41) is 0.844. The number of benzene rings is 1. The lowest BCUT2D eigenvalue weighted by Gasteiger charge is -2.15. The lowest BCUT2D eigenvalue weighted by molar-refractivity contribution is 1.14. The lowest BCUT2D eigenvalue weighted by Crippen LogP contribution is -2.11. The molecule has 0 bridgehead atoms. The molecule has 0 aliphatic carbocycles. The molecule has 2 rings (SSSR count). The van der Waals surface area contributed by atoms with E-state index in [0.29, 0.717) is 5.82 Å². The van der Waals surface area contributed by atoms with Gasteiger partial charge in [-0.15, -0.1) is 0 Å². The molecule has 2 aromatic rings. The van der Waals surface area contributed by atoms with Gasteiger partial charge < -0.3 is 16.4 Å². The topological polar surface area (TPSA) is 81.1 Å². The predicted octanol–water partition coefficient (Wildman–Crippen LogP) is 0.860. The minimum Gasteiger partial charge on any atom is -0.383 e. The lowest BCUT2D eigenvalue weighted by atomic mass is 10.2. The molecule has 0 amide bonds. The molecule has 1 aromatic heterocycles. The normalized spacial score (nSPS) is 10.5. The third-order valence-electron chi connectivity index (χ3n) is 2.23. The number of fused-ring (bicyclic) bond motifs is 1. The molecule has 1 heterocycles. The SMILES string of the molecule is CN(C)c1cccc2nc(N)nc(N)c12. The summed E-state index contributed by atoms with van der Waals surface area (Å²) < 4.78 is 0. The molecule has 0 atom stereocenters. The first kappa shape index (κ1) is 9.51. The summed E-state index contributed by atoms with van der Waals surface area (Å²) in [6, 6.07) is 5.76. The highest BCUT2D eigenvalue weighted by Gasteiger charge is 2.08. The van der Waals surface area contributed by atoms with E-state index in [9.17, 15) is 0 Å². The van der Waals surface area contributed by atoms with Crippen molar-refractivity contribution in [2.24, 2.45) is 0 Å². The van der Waals surface area contributed by atoms with E-state index in [1.807, 2.05) is 37.2 Å². The zero-order valence-corrected chi connectivity index (χ0v) is 8.73. The Kier molecular flexibility index (Phi) is 2.07. The van der Waals surface area contributed by atoms with Crippen molar-refractivity contribution in [2.75, 3.05) is 30.5 Å². The Bertz CT molecular complexity index is 506. The number of hydrogen-bond donors (Lipinski definition) is 2. The van der Waals surface area contributed by atoms with Gasteiger partial charge in [0, 0.05) is 19.8 Å². The number of nitrogens with zero attached hydrogens (tertiary/aromatic N) is 3. The molecule has 4 N–H and O–H groups in total. The zero-order chi connectivity index (χ0) is 11.0. The number of aromatic nitrogens is 2. The van der Waals surface area contributed by atoms with E-state index in [0.717, 1.165) is 16.6 Å². The van der Waals surface area contributed by atoms with Crippen molar-refractivity contribution in [1.82, 2.24) is 9.97 Å². The summed E-state index contributed by atoms with van der Waals surface area (Å²) in [6.45, 7) is 0. The Morgan fingerprint density at radius 2 is 1.87 bits per heavy atom. The van der Waals surface area contributed by atoms with Crippen molar-refractivity contribution in [1.29, 1.82) is 0 Å². The largest absolute Gasteiger partial charge is 0.383 e. The third-order valence-corrected chi connectivity index (χ3v) is 2.23. The predicted molar refractivity (Wildman–Crippen MR) is 62.7 cm³/mol. The van der Waals surface area contributed by atoms with Crippen LogP contribution in [0.25, 0.3) is 10.9 Å². The fourth-order valence-electron chi connectivity index (χ4n) is 1.58. The van der Waals surface area contributed by atoms with Gasteiger partial charge in [0.05, 0.1) is 10.9 Å². The number of nitrogen functional groups attached to an aromatic ring is 2. The van der Waals surface area contributed by atoms with Crippen molar-refractivity contribution >= 4 is 28.4 Å². The molecule has 0 radical (unpaired) electrons. The molecule has 0 saturated heterocycles. The third kappa shape index (κ3) is 1.52. The van der Waals surface area contributed by atoms with Crippen LogP contribution in [0.2, 0.25) is 0 Å². The average molecular weight is 203 g/mol. The minimum atomic E-state index is 0.205. The van der Waals surface area contributed by atoms with E-state index in [2.05, 4.69) is 9.97 Å². The van der Waals surface area contributed by atoms with E-state index >= 15 is 0 Å². The van der Waals surface area contributed by atoms with Gasteiger partial charge in [-0.05, 0) is 12.1 Å². The van der Waals surface area contributed by atoms with Crippen LogP contribution < -0.4 is 16.4 Å². The zero-order valence-electron chi connectivity index (χ0n) is 8.73. The Hall–Kier alpha value is -2.04. The molecule has 0 spiro atoms. The summed E-state index contributed by atoms with van der Waals surface area (Å²) in [7, 11) is 3.90. The Labute approximate surface area is 87.7 Å². The van der Waals surface area contributed by atoms with E-state index in [4.69, 9.17) is 11.5 Å². The standard InChI is InChI=1S/C10H13N5/c1-15(2)7-5-3-4-6-8(7)9(11)14-10(12)13-6/h3-5H,1-2H3,(H4,11,12,13,14). The highest BCUT2D eigenvalue weighted by Crippen LogP contribution is 2.28. The van der Waals surface area contributed by atoms with Crippen LogP contribution in [0.1, 0.15) is 0 Å². The van der Waals surface area contributed by atoms with Crippen molar-refractivity contribution < 1.29 is 0 Å². The summed E-state index contributed by atoms with van der Waals surface area (Å²) in [5.41, 5.74) is 13.1. The molecule has 78 valence electrons. The van der Waals surface area contributed by atoms with E-state index in [-0.39, 0.29) is 5.95 Å². The first-order chi connectivity index (χ1) is 7.09. The molecule has 5 nitrogen and oxygen atoms in total. The minimum absolute atomic E-state index is 0.205. The Balaban J connectivity index is 2.85. The monoisotopic (exact) mass is 203 g/mol. The second-order valence-corrected chi connectivity index (χ2v) is 3.53. The number of hydrogen-bond acceptors (Lipinski definition) is 5. The van der Waals surface area contributed by atoms with Crippen LogP contribution in [0.5, 0.6) is 0 Å². The van der Waals surface area contributed by atoms with E-state index < -0.39 is 0 Å². The highest BCUT2D eigenvalue weighted by molar-refractivity contribution is 5.99. The second-order valence-electron chi connectivity index (χ2n) is 3.53. The smallest absolute Gasteiger partial charge is 0.222 e. The van der Waals surface area contributed by atoms with Crippen molar-refractivity contribution in [3.63, 3.8) is 0 Å². The van der Waals surface area contributed by atoms with Crippen LogP contribution in [0.4, 0.5) is 17.5 Å².